The Morgan fingerprint density at radius 3 is 2.88 bits per heavy atom. The predicted octanol–water partition coefficient (Wildman–Crippen LogP) is 2.01. The second-order valence-corrected chi connectivity index (χ2v) is 7.86. The minimum Gasteiger partial charge on any atom is -0.359 e. The van der Waals surface area contributed by atoms with Gasteiger partial charge in [-0.05, 0) is 31.6 Å². The molecule has 1 aliphatic heterocycles. The molecule has 98 valence electrons. The minimum absolute atomic E-state index is 0.321. The summed E-state index contributed by atoms with van der Waals surface area (Å²) in [6.07, 6.45) is 6.96. The maximum atomic E-state index is 11.0. The Hall–Kier alpha value is -0.0300. The molecule has 1 N–H and O–H groups in total. The Bertz CT molecular complexity index is 322. The first-order valence-corrected chi connectivity index (χ1v) is 9.06. The first-order chi connectivity index (χ1) is 8.10. The monoisotopic (exact) mass is 274 g/mol. The lowest BCUT2D eigenvalue weighted by Gasteiger charge is -2.35. The first-order valence-electron chi connectivity index (χ1n) is 6.35. The Morgan fingerprint density at radius 2 is 2.24 bits per heavy atom. The molecule has 1 atom stereocenters. The van der Waals surface area contributed by atoms with Crippen molar-refractivity contribution in [3.63, 3.8) is 0 Å². The normalized spacial score (nSPS) is 37.3. The number of rotatable bonds is 3. The fourth-order valence-corrected chi connectivity index (χ4v) is 4.04. The van der Waals surface area contributed by atoms with Crippen LogP contribution >= 0.6 is 11.8 Å². The summed E-state index contributed by atoms with van der Waals surface area (Å²) in [7, 11) is -0.728. The summed E-state index contributed by atoms with van der Waals surface area (Å²) in [5.41, 5.74) is 0.321. The largest absolute Gasteiger partial charge is 0.359 e. The molecule has 0 aromatic carbocycles. The van der Waals surface area contributed by atoms with Crippen LogP contribution in [0.25, 0.3) is 0 Å². The third kappa shape index (κ3) is 3.71. The average molecular weight is 274 g/mol. The molecule has 1 heterocycles. The van der Waals surface area contributed by atoms with Crippen LogP contribution in [0.4, 0.5) is 0 Å². The van der Waals surface area contributed by atoms with Crippen molar-refractivity contribution in [1.29, 1.82) is 0 Å². The molecule has 3 nitrogen and oxygen atoms in total. The van der Waals surface area contributed by atoms with Crippen molar-refractivity contribution in [3.8, 4) is 0 Å². The van der Waals surface area contributed by atoms with E-state index in [1.807, 2.05) is 11.8 Å². The van der Waals surface area contributed by atoms with E-state index in [9.17, 15) is 4.21 Å². The predicted molar refractivity (Wildman–Crippen MR) is 77.2 cm³/mol. The van der Waals surface area contributed by atoms with Crippen molar-refractivity contribution >= 4 is 27.7 Å². The molecule has 2 rings (SSSR count). The topological polar surface area (TPSA) is 41.5 Å². The Balaban J connectivity index is 1.84. The van der Waals surface area contributed by atoms with Gasteiger partial charge in [0.1, 0.15) is 0 Å². The van der Waals surface area contributed by atoms with E-state index in [4.69, 9.17) is 0 Å². The Kier molecular flexibility index (Phi) is 4.53. The summed E-state index contributed by atoms with van der Waals surface area (Å²) in [6, 6.07) is 0. The molecule has 0 bridgehead atoms. The van der Waals surface area contributed by atoms with Gasteiger partial charge in [-0.3, -0.25) is 9.20 Å². The van der Waals surface area contributed by atoms with Crippen molar-refractivity contribution in [2.24, 2.45) is 10.9 Å². The summed E-state index contributed by atoms with van der Waals surface area (Å²) in [6.45, 7) is 3.03. The average Bonchev–Trinajstić information content (AvgIpc) is 2.67. The zero-order valence-electron chi connectivity index (χ0n) is 10.7. The highest BCUT2D eigenvalue weighted by Crippen LogP contribution is 2.38. The van der Waals surface area contributed by atoms with Gasteiger partial charge in [0.2, 0.25) is 0 Å². The van der Waals surface area contributed by atoms with E-state index in [0.29, 0.717) is 17.8 Å². The summed E-state index contributed by atoms with van der Waals surface area (Å²) in [5.74, 6) is 2.72. The van der Waals surface area contributed by atoms with E-state index in [1.165, 1.54) is 25.7 Å². The molecule has 2 aliphatic rings. The van der Waals surface area contributed by atoms with Crippen LogP contribution in [-0.4, -0.2) is 39.2 Å². The second kappa shape index (κ2) is 5.74. The number of thioether (sulfide) groups is 1. The van der Waals surface area contributed by atoms with Gasteiger partial charge in [-0.2, -0.15) is 0 Å². The van der Waals surface area contributed by atoms with Crippen LogP contribution in [0.3, 0.4) is 0 Å². The number of hydrogen-bond donors (Lipinski definition) is 1. The first kappa shape index (κ1) is 13.4. The lowest BCUT2D eigenvalue weighted by atomic mass is 9.78. The van der Waals surface area contributed by atoms with Gasteiger partial charge in [-0.15, -0.1) is 0 Å². The van der Waals surface area contributed by atoms with Crippen LogP contribution in [0.15, 0.2) is 4.99 Å². The van der Waals surface area contributed by atoms with E-state index in [1.54, 1.807) is 6.26 Å². The highest BCUT2D eigenvalue weighted by molar-refractivity contribution is 8.14. The van der Waals surface area contributed by atoms with Gasteiger partial charge in [-0.25, -0.2) is 0 Å². The van der Waals surface area contributed by atoms with Crippen LogP contribution in [0.5, 0.6) is 0 Å². The molecule has 0 aromatic heterocycles. The van der Waals surface area contributed by atoms with Crippen molar-refractivity contribution < 1.29 is 4.21 Å². The van der Waals surface area contributed by atoms with E-state index in [-0.39, 0.29) is 0 Å². The quantitative estimate of drug-likeness (QED) is 0.856. The lowest BCUT2D eigenvalue weighted by molar-refractivity contribution is 0.251. The van der Waals surface area contributed by atoms with Gasteiger partial charge >= 0.3 is 0 Å². The van der Waals surface area contributed by atoms with Crippen LogP contribution < -0.4 is 5.32 Å². The number of aliphatic imine (C=N–C) groups is 1. The molecule has 0 amide bonds. The number of nitrogens with zero attached hydrogens (tertiary/aromatic N) is 1. The molecule has 1 aliphatic carbocycles. The molecule has 17 heavy (non-hydrogen) atoms. The van der Waals surface area contributed by atoms with Gasteiger partial charge in [0, 0.05) is 34.1 Å². The molecule has 1 saturated carbocycles. The number of nitrogens with one attached hydrogen (secondary N) is 1. The summed E-state index contributed by atoms with van der Waals surface area (Å²) >= 11 is 1.84. The maximum Gasteiger partial charge on any atom is 0.157 e. The van der Waals surface area contributed by atoms with Crippen LogP contribution in [0.1, 0.15) is 32.6 Å². The molecule has 0 radical (unpaired) electrons. The molecular formula is C12H22N2OS2. The van der Waals surface area contributed by atoms with Gasteiger partial charge in [0.25, 0.3) is 0 Å². The molecule has 0 aromatic rings. The molecule has 1 saturated heterocycles. The van der Waals surface area contributed by atoms with Crippen molar-refractivity contribution in [2.45, 2.75) is 38.1 Å². The summed E-state index contributed by atoms with van der Waals surface area (Å²) in [4.78, 5) is 4.51. The van der Waals surface area contributed by atoms with Crippen LogP contribution in [0, 0.1) is 5.92 Å². The number of hydrogen-bond acceptors (Lipinski definition) is 3. The fraction of sp³-hybridized carbons (Fsp3) is 0.917. The van der Waals surface area contributed by atoms with E-state index in [2.05, 4.69) is 17.2 Å². The Morgan fingerprint density at radius 1 is 1.53 bits per heavy atom. The molecule has 2 fully saturated rings. The zero-order chi connectivity index (χ0) is 12.3. The van der Waals surface area contributed by atoms with Gasteiger partial charge in [-0.1, -0.05) is 18.7 Å². The van der Waals surface area contributed by atoms with Crippen LogP contribution in [-0.2, 0) is 10.8 Å². The second-order valence-electron chi connectivity index (χ2n) is 5.34. The van der Waals surface area contributed by atoms with Gasteiger partial charge < -0.3 is 5.32 Å². The molecule has 5 heteroatoms. The van der Waals surface area contributed by atoms with Crippen LogP contribution in [0.2, 0.25) is 0 Å². The van der Waals surface area contributed by atoms with Gasteiger partial charge in [0.15, 0.2) is 5.17 Å². The SMILES string of the molecule is CC1CCC2(CC1)CSC(=NCCS(C)=O)N2. The van der Waals surface area contributed by atoms with E-state index < -0.39 is 10.8 Å². The molecular weight excluding hydrogens is 252 g/mol. The minimum atomic E-state index is -0.728. The highest BCUT2D eigenvalue weighted by Gasteiger charge is 2.39. The molecule has 1 spiro atoms. The zero-order valence-corrected chi connectivity index (χ0v) is 12.3. The van der Waals surface area contributed by atoms with E-state index >= 15 is 0 Å². The fourth-order valence-electron chi connectivity index (χ4n) is 2.45. The van der Waals surface area contributed by atoms with Crippen molar-refractivity contribution in [3.05, 3.63) is 0 Å². The highest BCUT2D eigenvalue weighted by atomic mass is 32.2. The lowest BCUT2D eigenvalue weighted by Crippen LogP contribution is -2.46. The van der Waals surface area contributed by atoms with Gasteiger partial charge in [0.05, 0.1) is 6.54 Å². The summed E-state index contributed by atoms with van der Waals surface area (Å²) < 4.78 is 11.0. The van der Waals surface area contributed by atoms with Crippen molar-refractivity contribution in [2.75, 3.05) is 24.3 Å². The third-order valence-electron chi connectivity index (χ3n) is 3.72. The standard InChI is InChI=1S/C12H22N2OS2/c1-10-3-5-12(6-4-10)9-16-11(14-12)13-7-8-17(2)15/h10H,3-9H2,1-2H3,(H,13,14). The summed E-state index contributed by atoms with van der Waals surface area (Å²) in [5, 5.41) is 4.69. The smallest absolute Gasteiger partial charge is 0.157 e. The van der Waals surface area contributed by atoms with E-state index in [0.717, 1.165) is 16.8 Å². The third-order valence-corrected chi connectivity index (χ3v) is 5.68. The van der Waals surface area contributed by atoms with Crippen molar-refractivity contribution in [1.82, 2.24) is 5.32 Å². The Labute approximate surface area is 111 Å². The number of amidine groups is 1. The maximum absolute atomic E-state index is 11.0. The molecule has 1 unspecified atom stereocenters.